The maximum atomic E-state index is 14.3. The molecule has 39 heavy (non-hydrogen) atoms. The van der Waals surface area contributed by atoms with Crippen LogP contribution in [0.3, 0.4) is 0 Å². The van der Waals surface area contributed by atoms with Gasteiger partial charge in [0.15, 0.2) is 0 Å². The van der Waals surface area contributed by atoms with E-state index in [1.165, 1.54) is 6.92 Å². The fourth-order valence-corrected chi connectivity index (χ4v) is 10.9. The number of carbonyl (C=O) groups is 4. The molecule has 10 atom stereocenters. The van der Waals surface area contributed by atoms with Gasteiger partial charge in [-0.1, -0.05) is 19.1 Å². The maximum absolute atomic E-state index is 14.3. The summed E-state index contributed by atoms with van der Waals surface area (Å²) in [6.07, 6.45) is 0.681. The summed E-state index contributed by atoms with van der Waals surface area (Å²) in [5.74, 6) is -0.556. The minimum atomic E-state index is -0.809. The molecular formula is C31H35NO7. The lowest BCUT2D eigenvalue weighted by Gasteiger charge is -2.68. The number of rotatable bonds is 4. The van der Waals surface area contributed by atoms with Gasteiger partial charge in [0.2, 0.25) is 0 Å². The molecule has 1 aliphatic heterocycles. The molecule has 1 saturated heterocycles. The molecule has 1 aromatic carbocycles. The molecule has 10 unspecified atom stereocenters. The van der Waals surface area contributed by atoms with E-state index in [2.05, 4.69) is 11.5 Å². The van der Waals surface area contributed by atoms with Gasteiger partial charge in [-0.2, -0.15) is 0 Å². The summed E-state index contributed by atoms with van der Waals surface area (Å²) < 4.78 is 17.4. The number of esters is 2. The van der Waals surface area contributed by atoms with Crippen molar-refractivity contribution in [1.29, 1.82) is 0 Å². The minimum absolute atomic E-state index is 0.103. The van der Waals surface area contributed by atoms with Crippen molar-refractivity contribution in [3.8, 4) is 5.75 Å². The molecule has 6 bridgehead atoms. The van der Waals surface area contributed by atoms with Crippen molar-refractivity contribution in [1.82, 2.24) is 4.90 Å². The summed E-state index contributed by atoms with van der Waals surface area (Å²) in [5, 5.41) is 0. The summed E-state index contributed by atoms with van der Waals surface area (Å²) in [7, 11) is 3.60. The number of piperidine rings is 1. The smallest absolute Gasteiger partial charge is 0.338 e. The highest BCUT2D eigenvalue weighted by Gasteiger charge is 2.85. The molecular weight excluding hydrogens is 498 g/mol. The monoisotopic (exact) mass is 533 g/mol. The molecule has 6 aliphatic carbocycles. The number of allylic oxidation sites excluding steroid dienone is 1. The third-order valence-corrected chi connectivity index (χ3v) is 11.5. The number of Topliss-reactive ketones (excluding diaryl/α,β-unsaturated/α-hetero) is 2. The number of carbonyl (C=O) groups excluding carboxylic acids is 4. The topological polar surface area (TPSA) is 99.2 Å². The van der Waals surface area contributed by atoms with E-state index in [9.17, 15) is 19.2 Å². The fraction of sp³-hybridized carbons (Fsp3) is 0.613. The molecule has 7 aliphatic rings. The van der Waals surface area contributed by atoms with Crippen LogP contribution in [0.1, 0.15) is 49.9 Å². The van der Waals surface area contributed by atoms with Crippen LogP contribution in [0.2, 0.25) is 0 Å². The van der Waals surface area contributed by atoms with Gasteiger partial charge in [-0.15, -0.1) is 0 Å². The van der Waals surface area contributed by atoms with Crippen molar-refractivity contribution < 1.29 is 33.4 Å². The molecule has 8 rings (SSSR count). The van der Waals surface area contributed by atoms with Crippen molar-refractivity contribution in [2.24, 2.45) is 39.9 Å². The van der Waals surface area contributed by atoms with Gasteiger partial charge in [0.05, 0.1) is 12.7 Å². The second kappa shape index (κ2) is 7.80. The normalized spacial score (nSPS) is 45.2. The zero-order valence-electron chi connectivity index (χ0n) is 22.9. The number of likely N-dealkylation sites (tertiary alicyclic amines) is 1. The molecule has 0 amide bonds. The molecule has 0 radical (unpaired) electrons. The molecule has 1 heterocycles. The SMILES string of the molecule is C=C1CC23CC(=O)C4C5(C)CN(C)C6C2C(=O)C1CC3C64CC(OC(C)=O)C5OC(=O)c1ccc(OC)cc1. The Kier molecular flexibility index (Phi) is 5.00. The number of ether oxygens (including phenoxy) is 3. The highest BCUT2D eigenvalue weighted by atomic mass is 16.6. The zero-order valence-corrected chi connectivity index (χ0v) is 22.9. The van der Waals surface area contributed by atoms with Crippen LogP contribution in [0.5, 0.6) is 5.75 Å². The molecule has 7 fully saturated rings. The van der Waals surface area contributed by atoms with E-state index in [0.29, 0.717) is 43.5 Å². The Balaban J connectivity index is 1.35. The molecule has 0 N–H and O–H groups in total. The third-order valence-electron chi connectivity index (χ3n) is 11.5. The van der Waals surface area contributed by atoms with Gasteiger partial charge in [-0.25, -0.2) is 4.79 Å². The molecule has 0 aromatic heterocycles. The zero-order chi connectivity index (χ0) is 27.6. The van der Waals surface area contributed by atoms with Crippen LogP contribution in [0.4, 0.5) is 0 Å². The van der Waals surface area contributed by atoms with Crippen LogP contribution >= 0.6 is 0 Å². The molecule has 2 spiro atoms. The molecule has 8 nitrogen and oxygen atoms in total. The second-order valence-electron chi connectivity index (χ2n) is 13.2. The van der Waals surface area contributed by atoms with Crippen LogP contribution in [-0.2, 0) is 23.9 Å². The first-order valence-corrected chi connectivity index (χ1v) is 13.9. The van der Waals surface area contributed by atoms with E-state index < -0.39 is 40.4 Å². The first-order chi connectivity index (χ1) is 18.5. The number of fused-ring (bicyclic) bond motifs is 1. The summed E-state index contributed by atoms with van der Waals surface area (Å²) in [6, 6.07) is 6.57. The Morgan fingerprint density at radius 2 is 1.82 bits per heavy atom. The molecule has 8 heteroatoms. The average molecular weight is 534 g/mol. The number of hydrogen-bond acceptors (Lipinski definition) is 8. The predicted octanol–water partition coefficient (Wildman–Crippen LogP) is 3.23. The van der Waals surface area contributed by atoms with Gasteiger partial charge in [0.25, 0.3) is 0 Å². The van der Waals surface area contributed by atoms with Crippen LogP contribution < -0.4 is 4.74 Å². The number of hydrogen-bond donors (Lipinski definition) is 0. The first-order valence-electron chi connectivity index (χ1n) is 13.9. The quantitative estimate of drug-likeness (QED) is 0.430. The molecule has 1 aromatic rings. The Hall–Kier alpha value is -3.00. The van der Waals surface area contributed by atoms with Crippen molar-refractivity contribution >= 4 is 23.5 Å². The summed E-state index contributed by atoms with van der Waals surface area (Å²) in [6.45, 7) is 8.12. The van der Waals surface area contributed by atoms with E-state index in [1.807, 2.05) is 14.0 Å². The van der Waals surface area contributed by atoms with E-state index in [1.54, 1.807) is 31.4 Å². The lowest BCUT2D eigenvalue weighted by atomic mass is 9.39. The highest BCUT2D eigenvalue weighted by Crippen LogP contribution is 2.81. The predicted molar refractivity (Wildman–Crippen MR) is 139 cm³/mol. The maximum Gasteiger partial charge on any atom is 0.338 e. The van der Waals surface area contributed by atoms with Gasteiger partial charge >= 0.3 is 11.9 Å². The van der Waals surface area contributed by atoms with Gasteiger partial charge < -0.3 is 19.1 Å². The molecule has 206 valence electrons. The van der Waals surface area contributed by atoms with E-state index in [0.717, 1.165) is 5.57 Å². The molecule has 6 saturated carbocycles. The van der Waals surface area contributed by atoms with Crippen molar-refractivity contribution in [3.05, 3.63) is 42.0 Å². The summed E-state index contributed by atoms with van der Waals surface area (Å²) >= 11 is 0. The van der Waals surface area contributed by atoms with Gasteiger partial charge in [-0.05, 0) is 61.9 Å². The lowest BCUT2D eigenvalue weighted by Crippen LogP contribution is -2.75. The van der Waals surface area contributed by atoms with Crippen molar-refractivity contribution in [2.75, 3.05) is 20.7 Å². The van der Waals surface area contributed by atoms with Gasteiger partial charge in [-0.3, -0.25) is 14.4 Å². The number of benzene rings is 1. The van der Waals surface area contributed by atoms with E-state index in [-0.39, 0.29) is 41.3 Å². The van der Waals surface area contributed by atoms with Crippen molar-refractivity contribution in [2.45, 2.75) is 57.8 Å². The highest BCUT2D eigenvalue weighted by molar-refractivity contribution is 5.96. The number of ketones is 2. The number of methoxy groups -OCH3 is 1. The Morgan fingerprint density at radius 3 is 2.49 bits per heavy atom. The Bertz CT molecular complexity index is 1340. The second-order valence-corrected chi connectivity index (χ2v) is 13.2. The lowest BCUT2D eigenvalue weighted by molar-refractivity contribution is -0.245. The standard InChI is InChI=1S/C31H35NO7/c1-15-11-30-12-20(34)25-29(3)14-32(4)26-23(30)24(35)19(15)10-22(30)31(25,26)13-21(38-16(2)33)27(29)39-28(36)17-6-8-18(37-5)9-7-17/h6-9,19,21-23,25-27H,1,10-14H2,2-5H3. The number of nitrogens with zero attached hydrogens (tertiary/aromatic N) is 1. The van der Waals surface area contributed by atoms with Crippen molar-refractivity contribution in [3.63, 3.8) is 0 Å². The van der Waals surface area contributed by atoms with Crippen LogP contribution in [0.15, 0.2) is 36.4 Å². The minimum Gasteiger partial charge on any atom is -0.497 e. The van der Waals surface area contributed by atoms with Crippen LogP contribution in [0.25, 0.3) is 0 Å². The van der Waals surface area contributed by atoms with E-state index in [4.69, 9.17) is 14.2 Å². The Morgan fingerprint density at radius 1 is 1.10 bits per heavy atom. The van der Waals surface area contributed by atoms with Gasteiger partial charge in [0, 0.05) is 54.5 Å². The van der Waals surface area contributed by atoms with Crippen LogP contribution in [-0.4, -0.2) is 67.4 Å². The Labute approximate surface area is 228 Å². The average Bonchev–Trinajstić information content (AvgIpc) is 2.96. The van der Waals surface area contributed by atoms with Crippen LogP contribution in [0, 0.1) is 39.9 Å². The third kappa shape index (κ3) is 2.88. The summed E-state index contributed by atoms with van der Waals surface area (Å²) in [5.41, 5.74) is -0.390. The first kappa shape index (κ1) is 25.0. The fourth-order valence-electron chi connectivity index (χ4n) is 10.9. The summed E-state index contributed by atoms with van der Waals surface area (Å²) in [4.78, 5) is 56.3. The van der Waals surface area contributed by atoms with Gasteiger partial charge in [0.1, 0.15) is 29.5 Å². The largest absolute Gasteiger partial charge is 0.497 e. The van der Waals surface area contributed by atoms with E-state index >= 15 is 0 Å².